The topological polar surface area (TPSA) is 60.9 Å². The maximum atomic E-state index is 10.4. The summed E-state index contributed by atoms with van der Waals surface area (Å²) < 4.78 is 1.47. The number of aryl methyl sites for hydroxylation is 2. The van der Waals surface area contributed by atoms with E-state index in [0.29, 0.717) is 11.4 Å². The lowest BCUT2D eigenvalue weighted by molar-refractivity contribution is 0.558. The molecule has 1 rings (SSSR count). The zero-order valence-electron chi connectivity index (χ0n) is 7.29. The second-order valence-corrected chi connectivity index (χ2v) is 2.68. The highest BCUT2D eigenvalue weighted by Gasteiger charge is 2.11. The molecule has 0 aliphatic carbocycles. The fraction of sp³-hybridized carbons (Fsp3) is 0.500. The first kappa shape index (κ1) is 8.77. The summed E-state index contributed by atoms with van der Waals surface area (Å²) in [5.74, 6) is 0. The van der Waals surface area contributed by atoms with E-state index in [4.69, 9.17) is 5.73 Å². The minimum atomic E-state index is 0.346. The third kappa shape index (κ3) is 1.32. The van der Waals surface area contributed by atoms with Crippen LogP contribution in [0, 0.1) is 0 Å². The van der Waals surface area contributed by atoms with Crippen LogP contribution in [0.4, 0.5) is 5.69 Å². The first-order valence-electron chi connectivity index (χ1n) is 3.90. The molecule has 1 aromatic rings. The molecule has 4 heteroatoms. The van der Waals surface area contributed by atoms with Gasteiger partial charge in [0.1, 0.15) is 5.69 Å². The smallest absolute Gasteiger partial charge is 0.255 e. The monoisotopic (exact) mass is 166 g/mol. The molecule has 0 aliphatic heterocycles. The summed E-state index contributed by atoms with van der Waals surface area (Å²) in [6.45, 7) is 2.04. The number of carbonyl (C=O) groups excluding carboxylic acids is 1. The fourth-order valence-corrected chi connectivity index (χ4v) is 1.14. The predicted octanol–water partition coefficient (Wildman–Crippen LogP) is 0.413. The average molecular weight is 166 g/mol. The van der Waals surface area contributed by atoms with Gasteiger partial charge in [-0.3, -0.25) is 9.48 Å². The van der Waals surface area contributed by atoms with E-state index in [1.807, 2.05) is 6.92 Å². The Labute approximate surface area is 71.4 Å². The van der Waals surface area contributed by atoms with Gasteiger partial charge in [0, 0.05) is 7.05 Å². The molecule has 0 aromatic carbocycles. The molecular weight excluding hydrogens is 154 g/mol. The van der Waals surface area contributed by atoms with Crippen LogP contribution in [-0.4, -0.2) is 16.1 Å². The average Bonchev–Trinajstić information content (AvgIpc) is 2.29. The third-order valence-electron chi connectivity index (χ3n) is 1.74. The van der Waals surface area contributed by atoms with Crippen molar-refractivity contribution >= 4 is 12.0 Å². The molecule has 0 unspecified atom stereocenters. The van der Waals surface area contributed by atoms with Crippen molar-refractivity contribution in [2.75, 3.05) is 5.73 Å². The molecule has 0 bridgehead atoms. The first-order valence-corrected chi connectivity index (χ1v) is 3.90. The Hall–Kier alpha value is -1.32. The zero-order valence-corrected chi connectivity index (χ0v) is 7.29. The summed E-state index contributed by atoms with van der Waals surface area (Å²) in [7, 11) is 1.69. The number of aromatic nitrogens is 2. The molecule has 4 nitrogen and oxygen atoms in total. The van der Waals surface area contributed by atoms with Crippen molar-refractivity contribution in [1.29, 1.82) is 0 Å². The van der Waals surface area contributed by atoms with E-state index in [9.17, 15) is 4.79 Å². The molecule has 0 fully saturated rings. The Bertz CT molecular complexity index is 291. The van der Waals surface area contributed by atoms with Crippen LogP contribution in [0.5, 0.6) is 0 Å². The maximum Gasteiger partial charge on any atom is 0.255 e. The summed E-state index contributed by atoms with van der Waals surface area (Å²) in [6, 6.07) is 0. The standard InChI is InChI=1S/C8H12N3O/c1-3-4-6-8(9)7(5-12)11(2)10-6/h3-4,9H2,1-2H3. The molecule has 0 amide bonds. The van der Waals surface area contributed by atoms with Crippen molar-refractivity contribution in [3.05, 3.63) is 11.4 Å². The summed E-state index contributed by atoms with van der Waals surface area (Å²) in [4.78, 5) is 10.4. The normalized spacial score (nSPS) is 10.2. The van der Waals surface area contributed by atoms with Gasteiger partial charge in [0.05, 0.1) is 11.4 Å². The van der Waals surface area contributed by atoms with E-state index in [-0.39, 0.29) is 0 Å². The number of hydrogen-bond donors (Lipinski definition) is 1. The van der Waals surface area contributed by atoms with Crippen LogP contribution in [0.15, 0.2) is 0 Å². The summed E-state index contributed by atoms with van der Waals surface area (Å²) in [5.41, 5.74) is 7.26. The summed E-state index contributed by atoms with van der Waals surface area (Å²) in [5, 5.41) is 4.10. The molecule has 0 saturated heterocycles. The van der Waals surface area contributed by atoms with Gasteiger partial charge in [0.25, 0.3) is 6.29 Å². The number of nitrogens with zero attached hydrogens (tertiary/aromatic N) is 2. The Morgan fingerprint density at radius 3 is 2.75 bits per heavy atom. The molecule has 0 aliphatic rings. The van der Waals surface area contributed by atoms with Crippen LogP contribution in [-0.2, 0) is 18.3 Å². The van der Waals surface area contributed by atoms with Gasteiger partial charge in [-0.25, -0.2) is 0 Å². The van der Waals surface area contributed by atoms with E-state index >= 15 is 0 Å². The zero-order chi connectivity index (χ0) is 9.14. The Morgan fingerprint density at radius 2 is 2.33 bits per heavy atom. The SMILES string of the molecule is CCCc1nn(C)c([C]=O)c1N. The predicted molar refractivity (Wildman–Crippen MR) is 46.4 cm³/mol. The van der Waals surface area contributed by atoms with Crippen LogP contribution in [0.2, 0.25) is 0 Å². The van der Waals surface area contributed by atoms with E-state index in [1.54, 1.807) is 13.3 Å². The van der Waals surface area contributed by atoms with E-state index < -0.39 is 0 Å². The van der Waals surface area contributed by atoms with E-state index in [2.05, 4.69) is 5.10 Å². The molecule has 0 spiro atoms. The van der Waals surface area contributed by atoms with Crippen LogP contribution < -0.4 is 5.73 Å². The molecule has 0 saturated carbocycles. The van der Waals surface area contributed by atoms with Crippen molar-refractivity contribution < 1.29 is 4.79 Å². The van der Waals surface area contributed by atoms with Crippen LogP contribution in [0.1, 0.15) is 24.7 Å². The molecule has 1 heterocycles. The van der Waals surface area contributed by atoms with Gasteiger partial charge < -0.3 is 5.73 Å². The van der Waals surface area contributed by atoms with Crippen molar-refractivity contribution in [3.63, 3.8) is 0 Å². The van der Waals surface area contributed by atoms with Gasteiger partial charge in [0.15, 0.2) is 0 Å². The van der Waals surface area contributed by atoms with Crippen molar-refractivity contribution in [3.8, 4) is 0 Å². The van der Waals surface area contributed by atoms with Crippen LogP contribution >= 0.6 is 0 Å². The number of nitrogens with two attached hydrogens (primary N) is 1. The second kappa shape index (κ2) is 3.38. The van der Waals surface area contributed by atoms with E-state index in [1.165, 1.54) is 4.68 Å². The third-order valence-corrected chi connectivity index (χ3v) is 1.74. The lowest BCUT2D eigenvalue weighted by Gasteiger charge is -1.91. The van der Waals surface area contributed by atoms with E-state index in [0.717, 1.165) is 18.5 Å². The molecule has 0 atom stereocenters. The summed E-state index contributed by atoms with van der Waals surface area (Å²) >= 11 is 0. The van der Waals surface area contributed by atoms with Gasteiger partial charge in [-0.2, -0.15) is 5.10 Å². The largest absolute Gasteiger partial charge is 0.395 e. The van der Waals surface area contributed by atoms with Gasteiger partial charge in [-0.15, -0.1) is 0 Å². The molecule has 12 heavy (non-hydrogen) atoms. The number of anilines is 1. The van der Waals surface area contributed by atoms with Crippen molar-refractivity contribution in [2.45, 2.75) is 19.8 Å². The van der Waals surface area contributed by atoms with Crippen LogP contribution in [0.3, 0.4) is 0 Å². The molecule has 65 valence electrons. The lowest BCUT2D eigenvalue weighted by atomic mass is 10.2. The Balaban J connectivity index is 3.08. The second-order valence-electron chi connectivity index (χ2n) is 2.68. The van der Waals surface area contributed by atoms with Gasteiger partial charge in [0.2, 0.25) is 0 Å². The van der Waals surface area contributed by atoms with Gasteiger partial charge in [-0.1, -0.05) is 13.3 Å². The van der Waals surface area contributed by atoms with Gasteiger partial charge in [-0.05, 0) is 6.42 Å². The Kier molecular flexibility index (Phi) is 2.47. The minimum Gasteiger partial charge on any atom is -0.395 e. The number of hydrogen-bond acceptors (Lipinski definition) is 3. The molecule has 1 aromatic heterocycles. The molecular formula is C8H12N3O. The number of rotatable bonds is 3. The van der Waals surface area contributed by atoms with Gasteiger partial charge >= 0.3 is 0 Å². The molecule has 2 N–H and O–H groups in total. The Morgan fingerprint density at radius 1 is 1.67 bits per heavy atom. The fourth-order valence-electron chi connectivity index (χ4n) is 1.14. The molecule has 1 radical (unpaired) electrons. The number of nitrogen functional groups attached to an aromatic ring is 1. The van der Waals surface area contributed by atoms with Crippen LogP contribution in [0.25, 0.3) is 0 Å². The van der Waals surface area contributed by atoms with Crippen molar-refractivity contribution in [2.24, 2.45) is 7.05 Å². The highest BCUT2D eigenvalue weighted by molar-refractivity contribution is 5.82. The maximum absolute atomic E-state index is 10.4. The van der Waals surface area contributed by atoms with Crippen molar-refractivity contribution in [1.82, 2.24) is 9.78 Å². The summed E-state index contributed by atoms with van der Waals surface area (Å²) in [6.07, 6.45) is 3.55. The highest BCUT2D eigenvalue weighted by atomic mass is 16.1. The lowest BCUT2D eigenvalue weighted by Crippen LogP contribution is -1.98. The minimum absolute atomic E-state index is 0.346. The quantitative estimate of drug-likeness (QED) is 0.707. The highest BCUT2D eigenvalue weighted by Crippen LogP contribution is 2.15. The first-order chi connectivity index (χ1) is 5.70.